The van der Waals surface area contributed by atoms with E-state index in [4.69, 9.17) is 4.74 Å². The summed E-state index contributed by atoms with van der Waals surface area (Å²) in [6, 6.07) is 13.0. The van der Waals surface area contributed by atoms with Crippen molar-refractivity contribution in [3.05, 3.63) is 57.3 Å². The van der Waals surface area contributed by atoms with Gasteiger partial charge in [-0.1, -0.05) is 30.3 Å². The molecule has 0 bridgehead atoms. The van der Waals surface area contributed by atoms with Crippen LogP contribution in [0.15, 0.2) is 36.4 Å². The Balaban J connectivity index is 2.01. The lowest BCUT2D eigenvalue weighted by Gasteiger charge is -2.17. The normalized spacial score (nSPS) is 12.6. The third kappa shape index (κ3) is 3.90. The van der Waals surface area contributed by atoms with Gasteiger partial charge in [0.1, 0.15) is 0 Å². The summed E-state index contributed by atoms with van der Waals surface area (Å²) in [7, 11) is 1.75. The Labute approximate surface area is 119 Å². The van der Waals surface area contributed by atoms with E-state index in [0.29, 0.717) is 6.61 Å². The first kappa shape index (κ1) is 14.3. The van der Waals surface area contributed by atoms with Gasteiger partial charge in [-0.15, -0.1) is 11.3 Å². The SMILES string of the molecule is COCC(NCc1cc(C)c(C)s1)c1ccccc1. The van der Waals surface area contributed by atoms with Gasteiger partial charge in [-0.2, -0.15) is 0 Å². The van der Waals surface area contributed by atoms with Gasteiger partial charge < -0.3 is 10.1 Å². The van der Waals surface area contributed by atoms with Crippen molar-refractivity contribution >= 4 is 11.3 Å². The number of hydrogen-bond donors (Lipinski definition) is 1. The zero-order valence-electron chi connectivity index (χ0n) is 11.8. The van der Waals surface area contributed by atoms with Crippen molar-refractivity contribution in [2.24, 2.45) is 0 Å². The molecule has 1 aromatic heterocycles. The lowest BCUT2D eigenvalue weighted by Crippen LogP contribution is -2.24. The molecule has 2 nitrogen and oxygen atoms in total. The minimum absolute atomic E-state index is 0.244. The van der Waals surface area contributed by atoms with Crippen LogP contribution in [0.5, 0.6) is 0 Å². The molecular weight excluding hydrogens is 254 g/mol. The zero-order valence-corrected chi connectivity index (χ0v) is 12.6. The zero-order chi connectivity index (χ0) is 13.7. The highest BCUT2D eigenvalue weighted by Gasteiger charge is 2.11. The maximum Gasteiger partial charge on any atom is 0.0657 e. The van der Waals surface area contributed by atoms with Crippen molar-refractivity contribution in [3.8, 4) is 0 Å². The highest BCUT2D eigenvalue weighted by Crippen LogP contribution is 2.21. The van der Waals surface area contributed by atoms with E-state index in [0.717, 1.165) is 6.54 Å². The molecular formula is C16H21NOS. The van der Waals surface area contributed by atoms with Crippen LogP contribution in [0.3, 0.4) is 0 Å². The predicted octanol–water partition coefficient (Wildman–Crippen LogP) is 3.84. The van der Waals surface area contributed by atoms with Gasteiger partial charge in [0.05, 0.1) is 12.6 Å². The van der Waals surface area contributed by atoms with Crippen LogP contribution in [0.2, 0.25) is 0 Å². The second-order valence-electron chi connectivity index (χ2n) is 4.75. The van der Waals surface area contributed by atoms with Crippen molar-refractivity contribution in [2.45, 2.75) is 26.4 Å². The van der Waals surface area contributed by atoms with Crippen LogP contribution in [0, 0.1) is 13.8 Å². The number of thiophene rings is 1. The van der Waals surface area contributed by atoms with Gasteiger partial charge in [0, 0.05) is 23.4 Å². The van der Waals surface area contributed by atoms with Crippen LogP contribution >= 0.6 is 11.3 Å². The summed E-state index contributed by atoms with van der Waals surface area (Å²) in [5.74, 6) is 0. The highest BCUT2D eigenvalue weighted by molar-refractivity contribution is 7.12. The van der Waals surface area contributed by atoms with E-state index in [1.807, 2.05) is 17.4 Å². The van der Waals surface area contributed by atoms with Crippen molar-refractivity contribution in [1.29, 1.82) is 0 Å². The van der Waals surface area contributed by atoms with E-state index >= 15 is 0 Å². The number of hydrogen-bond acceptors (Lipinski definition) is 3. The molecule has 0 aliphatic carbocycles. The van der Waals surface area contributed by atoms with Crippen LogP contribution in [0.1, 0.15) is 26.9 Å². The maximum atomic E-state index is 5.32. The highest BCUT2D eigenvalue weighted by atomic mass is 32.1. The van der Waals surface area contributed by atoms with Gasteiger partial charge >= 0.3 is 0 Å². The van der Waals surface area contributed by atoms with Crippen molar-refractivity contribution in [3.63, 3.8) is 0 Å². The number of methoxy groups -OCH3 is 1. The first-order valence-electron chi connectivity index (χ1n) is 6.54. The lowest BCUT2D eigenvalue weighted by atomic mass is 10.1. The number of rotatable bonds is 6. The molecule has 0 saturated heterocycles. The second-order valence-corrected chi connectivity index (χ2v) is 6.09. The first-order valence-corrected chi connectivity index (χ1v) is 7.35. The molecule has 0 spiro atoms. The smallest absolute Gasteiger partial charge is 0.0657 e. The van der Waals surface area contributed by atoms with Crippen LogP contribution in [0.25, 0.3) is 0 Å². The average Bonchev–Trinajstić information content (AvgIpc) is 2.75. The minimum Gasteiger partial charge on any atom is -0.383 e. The molecule has 2 aromatic rings. The van der Waals surface area contributed by atoms with E-state index in [1.54, 1.807) is 7.11 Å². The largest absolute Gasteiger partial charge is 0.383 e. The molecule has 2 rings (SSSR count). The molecule has 102 valence electrons. The van der Waals surface area contributed by atoms with Crippen molar-refractivity contribution in [1.82, 2.24) is 5.32 Å². The summed E-state index contributed by atoms with van der Waals surface area (Å²) in [5, 5.41) is 3.58. The summed E-state index contributed by atoms with van der Waals surface area (Å²) < 4.78 is 5.32. The van der Waals surface area contributed by atoms with Gasteiger partial charge in [0.2, 0.25) is 0 Å². The average molecular weight is 275 g/mol. The summed E-state index contributed by atoms with van der Waals surface area (Å²) in [6.45, 7) is 5.92. The van der Waals surface area contributed by atoms with Gasteiger partial charge in [-0.05, 0) is 31.0 Å². The third-order valence-electron chi connectivity index (χ3n) is 3.27. The Morgan fingerprint density at radius 3 is 2.53 bits per heavy atom. The van der Waals surface area contributed by atoms with Gasteiger partial charge in [0.25, 0.3) is 0 Å². The van der Waals surface area contributed by atoms with Gasteiger partial charge in [0.15, 0.2) is 0 Å². The molecule has 3 heteroatoms. The lowest BCUT2D eigenvalue weighted by molar-refractivity contribution is 0.166. The van der Waals surface area contributed by atoms with Gasteiger partial charge in [-0.3, -0.25) is 0 Å². The second kappa shape index (κ2) is 6.85. The fourth-order valence-electron chi connectivity index (χ4n) is 2.09. The summed E-state index contributed by atoms with van der Waals surface area (Å²) in [6.07, 6.45) is 0. The molecule has 0 amide bonds. The van der Waals surface area contributed by atoms with Crippen LogP contribution in [-0.4, -0.2) is 13.7 Å². The molecule has 0 aliphatic rings. The van der Waals surface area contributed by atoms with Crippen molar-refractivity contribution < 1.29 is 4.74 Å². The molecule has 1 unspecified atom stereocenters. The third-order valence-corrected chi connectivity index (χ3v) is 4.43. The number of nitrogens with one attached hydrogen (secondary N) is 1. The minimum atomic E-state index is 0.244. The molecule has 0 radical (unpaired) electrons. The Hall–Kier alpha value is -1.16. The van der Waals surface area contributed by atoms with Crippen LogP contribution in [0.4, 0.5) is 0 Å². The van der Waals surface area contributed by atoms with Crippen LogP contribution in [-0.2, 0) is 11.3 Å². The van der Waals surface area contributed by atoms with E-state index in [2.05, 4.69) is 49.5 Å². The number of benzene rings is 1. The molecule has 1 atom stereocenters. The molecule has 0 saturated carbocycles. The molecule has 1 aromatic carbocycles. The monoisotopic (exact) mass is 275 g/mol. The maximum absolute atomic E-state index is 5.32. The molecule has 1 N–H and O–H groups in total. The summed E-state index contributed by atoms with van der Waals surface area (Å²) in [5.41, 5.74) is 2.65. The van der Waals surface area contributed by atoms with E-state index in [9.17, 15) is 0 Å². The predicted molar refractivity (Wildman–Crippen MR) is 81.7 cm³/mol. The van der Waals surface area contributed by atoms with E-state index in [-0.39, 0.29) is 6.04 Å². The standard InChI is InChI=1S/C16H21NOS/c1-12-9-15(19-13(12)2)10-17-16(11-18-3)14-7-5-4-6-8-14/h4-9,16-17H,10-11H2,1-3H3. The van der Waals surface area contributed by atoms with Crippen LogP contribution < -0.4 is 5.32 Å². The Bertz CT molecular complexity index is 487. The Morgan fingerprint density at radius 2 is 1.95 bits per heavy atom. The first-order chi connectivity index (χ1) is 9.20. The fraction of sp³-hybridized carbons (Fsp3) is 0.375. The topological polar surface area (TPSA) is 21.3 Å². The molecule has 1 heterocycles. The molecule has 0 fully saturated rings. The van der Waals surface area contributed by atoms with Gasteiger partial charge in [-0.25, -0.2) is 0 Å². The van der Waals surface area contributed by atoms with Crippen molar-refractivity contribution in [2.75, 3.05) is 13.7 Å². The number of ether oxygens (including phenoxy) is 1. The summed E-state index contributed by atoms with van der Waals surface area (Å²) >= 11 is 1.87. The Morgan fingerprint density at radius 1 is 1.21 bits per heavy atom. The molecule has 19 heavy (non-hydrogen) atoms. The number of aryl methyl sites for hydroxylation is 2. The van der Waals surface area contributed by atoms with E-state index < -0.39 is 0 Å². The van der Waals surface area contributed by atoms with E-state index in [1.165, 1.54) is 20.9 Å². The molecule has 0 aliphatic heterocycles. The Kier molecular flexibility index (Phi) is 5.14. The fourth-order valence-corrected chi connectivity index (χ4v) is 3.09. The summed E-state index contributed by atoms with van der Waals surface area (Å²) in [4.78, 5) is 2.78. The quantitative estimate of drug-likeness (QED) is 0.865.